The summed E-state index contributed by atoms with van der Waals surface area (Å²) in [5, 5.41) is 0.784. The van der Waals surface area contributed by atoms with Gasteiger partial charge < -0.3 is 14.5 Å². The number of carbonyl (C=O) groups is 2. The molecule has 1 fully saturated rings. The fourth-order valence-corrected chi connectivity index (χ4v) is 4.33. The number of imidazole rings is 1. The Balaban J connectivity index is 1.66. The van der Waals surface area contributed by atoms with Crippen molar-refractivity contribution in [3.63, 3.8) is 0 Å². The molecule has 27 heavy (non-hydrogen) atoms. The quantitative estimate of drug-likeness (QED) is 0.300. The normalized spacial score (nSPS) is 22.1. The van der Waals surface area contributed by atoms with Gasteiger partial charge >= 0.3 is 11.9 Å². The first-order valence-electron chi connectivity index (χ1n) is 9.55. The van der Waals surface area contributed by atoms with Gasteiger partial charge in [-0.15, -0.1) is 0 Å². The van der Waals surface area contributed by atoms with Gasteiger partial charge in [-0.25, -0.2) is 4.98 Å². The number of nitrogens with one attached hydrogen (secondary N) is 1. The second-order valence-corrected chi connectivity index (χ2v) is 7.87. The molecule has 1 N–H and O–H groups in total. The predicted octanol–water partition coefficient (Wildman–Crippen LogP) is 4.10. The van der Waals surface area contributed by atoms with E-state index in [1.54, 1.807) is 6.92 Å². The lowest BCUT2D eigenvalue weighted by molar-refractivity contribution is -0.165. The highest BCUT2D eigenvalue weighted by molar-refractivity contribution is 7.99. The van der Waals surface area contributed by atoms with Crippen LogP contribution in [0.25, 0.3) is 11.0 Å². The molecule has 1 aromatic heterocycles. The summed E-state index contributed by atoms with van der Waals surface area (Å²) >= 11 is 1.50. The molecular formula is C20H26N2O4S. The van der Waals surface area contributed by atoms with Crippen LogP contribution >= 0.6 is 11.8 Å². The number of aromatic amines is 1. The minimum Gasteiger partial charge on any atom is -0.465 e. The van der Waals surface area contributed by atoms with Gasteiger partial charge in [0.2, 0.25) is 0 Å². The van der Waals surface area contributed by atoms with Gasteiger partial charge in [-0.3, -0.25) is 9.59 Å². The highest BCUT2D eigenvalue weighted by Gasteiger charge is 2.55. The first-order valence-corrected chi connectivity index (χ1v) is 10.5. The number of para-hydroxylation sites is 2. The van der Waals surface area contributed by atoms with E-state index < -0.39 is 17.4 Å². The number of carbonyl (C=O) groups excluding carboxylic acids is 2. The Kier molecular flexibility index (Phi) is 6.42. The number of thioether (sulfide) groups is 1. The van der Waals surface area contributed by atoms with E-state index in [0.29, 0.717) is 18.6 Å². The third-order valence-electron chi connectivity index (χ3n) is 4.89. The number of hydrogen-bond donors (Lipinski definition) is 1. The summed E-state index contributed by atoms with van der Waals surface area (Å²) in [4.78, 5) is 33.0. The third kappa shape index (κ3) is 4.29. The first-order chi connectivity index (χ1) is 13.1. The Bertz CT molecular complexity index is 773. The number of esters is 2. The van der Waals surface area contributed by atoms with Gasteiger partial charge in [0.05, 0.1) is 17.6 Å². The lowest BCUT2D eigenvalue weighted by Crippen LogP contribution is -2.37. The number of ether oxygens (including phenoxy) is 2. The molecule has 146 valence electrons. The van der Waals surface area contributed by atoms with Crippen molar-refractivity contribution in [2.24, 2.45) is 5.41 Å². The number of benzene rings is 1. The number of rotatable bonds is 9. The number of nitrogens with zero attached hydrogens (tertiary/aromatic N) is 1. The van der Waals surface area contributed by atoms with Gasteiger partial charge in [-0.2, -0.15) is 0 Å². The van der Waals surface area contributed by atoms with Crippen molar-refractivity contribution >= 4 is 34.7 Å². The zero-order chi connectivity index (χ0) is 19.3. The van der Waals surface area contributed by atoms with Gasteiger partial charge in [-0.1, -0.05) is 50.1 Å². The molecule has 1 saturated heterocycles. The van der Waals surface area contributed by atoms with Crippen LogP contribution < -0.4 is 0 Å². The molecule has 7 heteroatoms. The van der Waals surface area contributed by atoms with Gasteiger partial charge in [0.25, 0.3) is 0 Å². The van der Waals surface area contributed by atoms with E-state index in [9.17, 15) is 9.59 Å². The van der Waals surface area contributed by atoms with Crippen molar-refractivity contribution < 1.29 is 19.1 Å². The second-order valence-electron chi connectivity index (χ2n) is 6.86. The summed E-state index contributed by atoms with van der Waals surface area (Å²) < 4.78 is 10.8. The van der Waals surface area contributed by atoms with Crippen LogP contribution in [0.5, 0.6) is 0 Å². The number of aromatic nitrogens is 2. The monoisotopic (exact) mass is 390 g/mol. The summed E-state index contributed by atoms with van der Waals surface area (Å²) in [6.45, 7) is 4.11. The Hall–Kier alpha value is -2.02. The minimum absolute atomic E-state index is 0.264. The molecule has 3 rings (SSSR count). The summed E-state index contributed by atoms with van der Waals surface area (Å²) in [6, 6.07) is 7.82. The fourth-order valence-electron chi connectivity index (χ4n) is 3.46. The van der Waals surface area contributed by atoms with Crippen LogP contribution in [0, 0.1) is 5.41 Å². The maximum atomic E-state index is 12.6. The Morgan fingerprint density at radius 3 is 2.93 bits per heavy atom. The SMILES string of the molecule is CCCCC[C@@]1(C(=O)OCC)C[C@@H](CSc2nc3ccccc3[nH]2)OC1=O. The van der Waals surface area contributed by atoms with Gasteiger partial charge in [0.15, 0.2) is 10.6 Å². The molecule has 6 nitrogen and oxygen atoms in total. The Labute approximate surface area is 163 Å². The number of cyclic esters (lactones) is 1. The van der Waals surface area contributed by atoms with Crippen LogP contribution in [0.4, 0.5) is 0 Å². The summed E-state index contributed by atoms with van der Waals surface area (Å²) in [6.07, 6.45) is 3.37. The molecule has 1 aromatic carbocycles. The van der Waals surface area contributed by atoms with E-state index in [1.807, 2.05) is 24.3 Å². The molecule has 1 aliphatic rings. The molecule has 0 aliphatic carbocycles. The highest BCUT2D eigenvalue weighted by atomic mass is 32.2. The van der Waals surface area contributed by atoms with Crippen molar-refractivity contribution in [3.8, 4) is 0 Å². The average molecular weight is 391 g/mol. The van der Waals surface area contributed by atoms with Crippen LogP contribution in [0.3, 0.4) is 0 Å². The fraction of sp³-hybridized carbons (Fsp3) is 0.550. The van der Waals surface area contributed by atoms with Crippen LogP contribution in [0.2, 0.25) is 0 Å². The summed E-state index contributed by atoms with van der Waals surface area (Å²) in [7, 11) is 0. The number of fused-ring (bicyclic) bond motifs is 1. The number of hydrogen-bond acceptors (Lipinski definition) is 6. The zero-order valence-corrected chi connectivity index (χ0v) is 16.6. The minimum atomic E-state index is -1.15. The van der Waals surface area contributed by atoms with E-state index in [-0.39, 0.29) is 12.7 Å². The Morgan fingerprint density at radius 1 is 1.37 bits per heavy atom. The topological polar surface area (TPSA) is 81.3 Å². The van der Waals surface area contributed by atoms with Crippen LogP contribution in [-0.2, 0) is 19.1 Å². The second kappa shape index (κ2) is 8.78. The zero-order valence-electron chi connectivity index (χ0n) is 15.8. The van der Waals surface area contributed by atoms with E-state index in [1.165, 1.54) is 11.8 Å². The number of H-pyrrole nitrogens is 1. The summed E-state index contributed by atoms with van der Waals surface area (Å²) in [5.41, 5.74) is 0.734. The molecule has 2 heterocycles. The lowest BCUT2D eigenvalue weighted by atomic mass is 9.80. The molecule has 0 bridgehead atoms. The van der Waals surface area contributed by atoms with Crippen molar-refractivity contribution in [2.45, 2.75) is 57.2 Å². The number of unbranched alkanes of at least 4 members (excludes halogenated alkanes) is 2. The van der Waals surface area contributed by atoms with Crippen molar-refractivity contribution in [3.05, 3.63) is 24.3 Å². The van der Waals surface area contributed by atoms with E-state index in [4.69, 9.17) is 9.47 Å². The van der Waals surface area contributed by atoms with Crippen molar-refractivity contribution in [2.75, 3.05) is 12.4 Å². The molecule has 2 atom stereocenters. The van der Waals surface area contributed by atoms with E-state index in [2.05, 4.69) is 16.9 Å². The van der Waals surface area contributed by atoms with Gasteiger partial charge in [0.1, 0.15) is 6.10 Å². The van der Waals surface area contributed by atoms with E-state index >= 15 is 0 Å². The molecule has 0 amide bonds. The van der Waals surface area contributed by atoms with Crippen molar-refractivity contribution in [1.29, 1.82) is 0 Å². The van der Waals surface area contributed by atoms with Crippen LogP contribution in [0.15, 0.2) is 29.4 Å². The highest BCUT2D eigenvalue weighted by Crippen LogP contribution is 2.41. The molecule has 0 radical (unpaired) electrons. The maximum absolute atomic E-state index is 12.6. The van der Waals surface area contributed by atoms with Crippen LogP contribution in [0.1, 0.15) is 46.0 Å². The summed E-state index contributed by atoms with van der Waals surface area (Å²) in [5.74, 6) is -0.324. The molecule has 0 saturated carbocycles. The molecular weight excluding hydrogens is 364 g/mol. The molecule has 2 aromatic rings. The van der Waals surface area contributed by atoms with E-state index in [0.717, 1.165) is 35.5 Å². The molecule has 0 spiro atoms. The smallest absolute Gasteiger partial charge is 0.323 e. The largest absolute Gasteiger partial charge is 0.465 e. The van der Waals surface area contributed by atoms with Gasteiger partial charge in [0, 0.05) is 12.2 Å². The maximum Gasteiger partial charge on any atom is 0.323 e. The average Bonchev–Trinajstić information content (AvgIpc) is 3.22. The molecule has 1 aliphatic heterocycles. The third-order valence-corrected chi connectivity index (χ3v) is 5.89. The lowest BCUT2D eigenvalue weighted by Gasteiger charge is -2.22. The first kappa shape index (κ1) is 19.7. The molecule has 0 unspecified atom stereocenters. The standard InChI is InChI=1S/C20H26N2O4S/c1-3-5-8-11-20(17(23)25-4-2)12-14(26-18(20)24)13-27-19-21-15-9-6-7-10-16(15)22-19/h6-7,9-10,14H,3-5,8,11-13H2,1-2H3,(H,21,22)/t14-,20-/m0/s1. The van der Waals surface area contributed by atoms with Crippen LogP contribution in [-0.4, -0.2) is 40.4 Å². The Morgan fingerprint density at radius 2 is 2.19 bits per heavy atom. The van der Waals surface area contributed by atoms with Gasteiger partial charge in [-0.05, 0) is 25.5 Å². The predicted molar refractivity (Wildman–Crippen MR) is 105 cm³/mol. The van der Waals surface area contributed by atoms with Crippen molar-refractivity contribution in [1.82, 2.24) is 9.97 Å².